The van der Waals surface area contributed by atoms with E-state index in [0.717, 1.165) is 12.5 Å². The molecule has 0 aromatic heterocycles. The number of carboxylic acid groups (broad SMARTS) is 1. The van der Waals surface area contributed by atoms with Gasteiger partial charge in [-0.05, 0) is 55.4 Å². The molecule has 4 heteroatoms. The van der Waals surface area contributed by atoms with Gasteiger partial charge in [0.15, 0.2) is 0 Å². The van der Waals surface area contributed by atoms with Crippen LogP contribution in [0.25, 0.3) is 0 Å². The molecule has 2 saturated carbocycles. The van der Waals surface area contributed by atoms with Crippen LogP contribution in [0.15, 0.2) is 18.2 Å². The fourth-order valence-corrected chi connectivity index (χ4v) is 2.54. The normalized spacial score (nSPS) is 18.8. The highest BCUT2D eigenvalue weighted by Gasteiger charge is 2.34. The summed E-state index contributed by atoms with van der Waals surface area (Å²) in [5.41, 5.74) is 0.822. The molecule has 0 bridgehead atoms. The zero-order chi connectivity index (χ0) is 13.4. The van der Waals surface area contributed by atoms with Crippen molar-refractivity contribution >= 4 is 5.97 Å². The summed E-state index contributed by atoms with van der Waals surface area (Å²) in [5.74, 6) is -0.568. The summed E-state index contributed by atoms with van der Waals surface area (Å²) < 4.78 is 13.3. The molecule has 0 spiro atoms. The molecular formula is C15H18FNO2. The number of carbonyl (C=O) groups is 1. The second-order valence-electron chi connectivity index (χ2n) is 5.71. The summed E-state index contributed by atoms with van der Waals surface area (Å²) in [6.07, 6.45) is 4.92. The summed E-state index contributed by atoms with van der Waals surface area (Å²) in [6.45, 7) is 1.58. The van der Waals surface area contributed by atoms with Crippen molar-refractivity contribution in [2.45, 2.75) is 38.3 Å². The molecule has 1 aromatic carbocycles. The quantitative estimate of drug-likeness (QED) is 0.858. The second-order valence-corrected chi connectivity index (χ2v) is 5.71. The zero-order valence-electron chi connectivity index (χ0n) is 10.8. The first-order chi connectivity index (χ1) is 9.13. The van der Waals surface area contributed by atoms with Crippen LogP contribution in [0.4, 0.5) is 4.39 Å². The van der Waals surface area contributed by atoms with Gasteiger partial charge in [-0.25, -0.2) is 9.18 Å². The highest BCUT2D eigenvalue weighted by Crippen LogP contribution is 2.35. The second kappa shape index (κ2) is 4.93. The molecule has 3 nitrogen and oxygen atoms in total. The fraction of sp³-hybridized carbons (Fsp3) is 0.533. The van der Waals surface area contributed by atoms with Crippen LogP contribution < -0.4 is 0 Å². The number of benzene rings is 1. The van der Waals surface area contributed by atoms with E-state index in [1.54, 1.807) is 0 Å². The molecule has 19 heavy (non-hydrogen) atoms. The molecule has 0 amide bonds. The minimum absolute atomic E-state index is 0.225. The number of aromatic carboxylic acids is 1. The van der Waals surface area contributed by atoms with E-state index in [4.69, 9.17) is 0 Å². The highest BCUT2D eigenvalue weighted by molar-refractivity contribution is 5.89. The van der Waals surface area contributed by atoms with Gasteiger partial charge in [0.2, 0.25) is 0 Å². The Kier molecular flexibility index (Phi) is 3.27. The molecule has 1 aromatic rings. The third kappa shape index (κ3) is 3.13. The van der Waals surface area contributed by atoms with Gasteiger partial charge in [-0.1, -0.05) is 0 Å². The summed E-state index contributed by atoms with van der Waals surface area (Å²) in [4.78, 5) is 13.5. The van der Waals surface area contributed by atoms with Crippen molar-refractivity contribution in [3.8, 4) is 0 Å². The van der Waals surface area contributed by atoms with Crippen LogP contribution in [0, 0.1) is 11.7 Å². The number of carboxylic acids is 1. The molecule has 0 atom stereocenters. The number of rotatable bonds is 6. The smallest absolute Gasteiger partial charge is 0.336 e. The Bertz CT molecular complexity index is 495. The molecule has 102 valence electrons. The molecule has 0 heterocycles. The van der Waals surface area contributed by atoms with Crippen LogP contribution in [0.1, 0.15) is 41.6 Å². The van der Waals surface area contributed by atoms with Crippen molar-refractivity contribution in [3.05, 3.63) is 35.1 Å². The fourth-order valence-electron chi connectivity index (χ4n) is 2.54. The molecule has 2 aliphatic rings. The molecule has 0 aliphatic heterocycles. The van der Waals surface area contributed by atoms with Gasteiger partial charge in [-0.3, -0.25) is 4.90 Å². The lowest BCUT2D eigenvalue weighted by Crippen LogP contribution is -2.28. The van der Waals surface area contributed by atoms with Crippen molar-refractivity contribution in [3.63, 3.8) is 0 Å². The molecule has 2 aliphatic carbocycles. The van der Waals surface area contributed by atoms with Crippen molar-refractivity contribution in [2.75, 3.05) is 6.54 Å². The van der Waals surface area contributed by atoms with Crippen LogP contribution in [-0.4, -0.2) is 28.6 Å². The van der Waals surface area contributed by atoms with E-state index < -0.39 is 5.97 Å². The third-order valence-electron chi connectivity index (χ3n) is 3.92. The summed E-state index contributed by atoms with van der Waals surface area (Å²) in [7, 11) is 0. The lowest BCUT2D eigenvalue weighted by Gasteiger charge is -2.22. The predicted molar refractivity (Wildman–Crippen MR) is 69.5 cm³/mol. The number of hydrogen-bond donors (Lipinski definition) is 1. The average Bonchev–Trinajstić information content (AvgIpc) is 3.22. The van der Waals surface area contributed by atoms with E-state index in [1.165, 1.54) is 43.9 Å². The minimum atomic E-state index is -0.975. The predicted octanol–water partition coefficient (Wildman–Crippen LogP) is 2.90. The van der Waals surface area contributed by atoms with Gasteiger partial charge >= 0.3 is 5.97 Å². The topological polar surface area (TPSA) is 40.5 Å². The Hall–Kier alpha value is -1.42. The van der Waals surface area contributed by atoms with Gasteiger partial charge in [0.05, 0.1) is 5.56 Å². The van der Waals surface area contributed by atoms with Crippen LogP contribution in [-0.2, 0) is 6.54 Å². The Labute approximate surface area is 112 Å². The van der Waals surface area contributed by atoms with Gasteiger partial charge in [0.25, 0.3) is 0 Å². The maximum absolute atomic E-state index is 13.3. The molecule has 3 rings (SSSR count). The van der Waals surface area contributed by atoms with E-state index >= 15 is 0 Å². The molecule has 2 fully saturated rings. The van der Waals surface area contributed by atoms with Crippen LogP contribution in [0.2, 0.25) is 0 Å². The van der Waals surface area contributed by atoms with Crippen LogP contribution >= 0.6 is 0 Å². The highest BCUT2D eigenvalue weighted by atomic mass is 19.1. The van der Waals surface area contributed by atoms with E-state index in [9.17, 15) is 14.3 Å². The summed E-state index contributed by atoms with van der Waals surface area (Å²) in [6, 6.07) is 4.53. The number of nitrogens with zero attached hydrogens (tertiary/aromatic N) is 1. The van der Waals surface area contributed by atoms with Gasteiger partial charge in [0.1, 0.15) is 5.82 Å². The van der Waals surface area contributed by atoms with Gasteiger partial charge in [-0.2, -0.15) is 0 Å². The molecule has 0 saturated heterocycles. The molecule has 0 unspecified atom stereocenters. The Morgan fingerprint density at radius 2 is 2.05 bits per heavy atom. The standard InChI is InChI=1S/C15H18FNO2/c16-12-3-6-14(15(18)19)11(7-12)9-17(13-4-5-13)8-10-1-2-10/h3,6-7,10,13H,1-2,4-5,8-9H2,(H,18,19). The van der Waals surface area contributed by atoms with Crippen molar-refractivity contribution in [1.82, 2.24) is 4.90 Å². The van der Waals surface area contributed by atoms with Gasteiger partial charge in [-0.15, -0.1) is 0 Å². The number of halogens is 1. The average molecular weight is 263 g/mol. The summed E-state index contributed by atoms with van der Waals surface area (Å²) >= 11 is 0. The minimum Gasteiger partial charge on any atom is -0.478 e. The van der Waals surface area contributed by atoms with Crippen LogP contribution in [0.5, 0.6) is 0 Å². The Morgan fingerprint density at radius 1 is 1.32 bits per heavy atom. The number of hydrogen-bond acceptors (Lipinski definition) is 2. The van der Waals surface area contributed by atoms with Crippen LogP contribution in [0.3, 0.4) is 0 Å². The Morgan fingerprint density at radius 3 is 2.63 bits per heavy atom. The van der Waals surface area contributed by atoms with Crippen molar-refractivity contribution in [2.24, 2.45) is 5.92 Å². The van der Waals surface area contributed by atoms with Gasteiger partial charge < -0.3 is 5.11 Å². The van der Waals surface area contributed by atoms with Gasteiger partial charge in [0, 0.05) is 19.1 Å². The molecular weight excluding hydrogens is 245 g/mol. The van der Waals surface area contributed by atoms with Crippen molar-refractivity contribution < 1.29 is 14.3 Å². The van der Waals surface area contributed by atoms with E-state index in [1.807, 2.05) is 0 Å². The third-order valence-corrected chi connectivity index (χ3v) is 3.92. The first-order valence-corrected chi connectivity index (χ1v) is 6.89. The van der Waals surface area contributed by atoms with E-state index in [0.29, 0.717) is 18.2 Å². The largest absolute Gasteiger partial charge is 0.478 e. The van der Waals surface area contributed by atoms with E-state index in [2.05, 4.69) is 4.90 Å². The first kappa shape index (κ1) is 12.6. The van der Waals surface area contributed by atoms with E-state index in [-0.39, 0.29) is 11.4 Å². The zero-order valence-corrected chi connectivity index (χ0v) is 10.8. The molecule has 1 N–H and O–H groups in total. The first-order valence-electron chi connectivity index (χ1n) is 6.89. The summed E-state index contributed by atoms with van der Waals surface area (Å²) in [5, 5.41) is 9.18. The maximum Gasteiger partial charge on any atom is 0.336 e. The lowest BCUT2D eigenvalue weighted by molar-refractivity contribution is 0.0694. The lowest BCUT2D eigenvalue weighted by atomic mass is 10.1. The monoisotopic (exact) mass is 263 g/mol. The molecule has 0 radical (unpaired) electrons. The SMILES string of the molecule is O=C(O)c1ccc(F)cc1CN(CC1CC1)C1CC1. The van der Waals surface area contributed by atoms with Crippen molar-refractivity contribution in [1.29, 1.82) is 0 Å². The Balaban J connectivity index is 1.79. The maximum atomic E-state index is 13.3.